The molecule has 0 fully saturated rings. The van der Waals surface area contributed by atoms with Gasteiger partial charge in [0.05, 0.1) is 5.54 Å². The summed E-state index contributed by atoms with van der Waals surface area (Å²) < 4.78 is 0. The van der Waals surface area contributed by atoms with Gasteiger partial charge < -0.3 is 15.7 Å². The number of likely N-dealkylation sites (N-methyl/N-ethyl adjacent to an activating group) is 1. The van der Waals surface area contributed by atoms with E-state index >= 15 is 0 Å². The van der Waals surface area contributed by atoms with Crippen molar-refractivity contribution in [3.63, 3.8) is 0 Å². The maximum absolute atomic E-state index is 11.7. The number of carboxylic acids is 1. The first-order chi connectivity index (χ1) is 6.69. The molecule has 1 atom stereocenters. The largest absolute Gasteiger partial charge is 0.480 e. The van der Waals surface area contributed by atoms with Crippen LogP contribution in [0.1, 0.15) is 34.1 Å². The summed E-state index contributed by atoms with van der Waals surface area (Å²) >= 11 is 0. The molecule has 0 spiro atoms. The molecule has 1 amide bonds. The normalized spacial score (nSPS) is 15.5. The maximum Gasteiger partial charge on any atom is 0.329 e. The summed E-state index contributed by atoms with van der Waals surface area (Å²) in [6, 6.07) is 0. The molecule has 0 heterocycles. The van der Waals surface area contributed by atoms with Gasteiger partial charge >= 0.3 is 5.97 Å². The minimum absolute atomic E-state index is 0.322. The Bertz CT molecular complexity index is 263. The quantitative estimate of drug-likeness (QED) is 0.620. The van der Waals surface area contributed by atoms with Crippen LogP contribution in [0, 0.1) is 0 Å². The average Bonchev–Trinajstić information content (AvgIpc) is 2.17. The minimum atomic E-state index is -1.20. The molecule has 1 unspecified atom stereocenters. The number of aliphatic carboxylic acids is 1. The Labute approximate surface area is 90.2 Å². The summed E-state index contributed by atoms with van der Waals surface area (Å²) in [4.78, 5) is 22.7. The van der Waals surface area contributed by atoms with Gasteiger partial charge in [-0.2, -0.15) is 0 Å². The third kappa shape index (κ3) is 3.20. The van der Waals surface area contributed by atoms with E-state index in [-0.39, 0.29) is 5.91 Å². The summed E-state index contributed by atoms with van der Waals surface area (Å²) in [5.41, 5.74) is -1.98. The number of carbonyl (C=O) groups is 2. The van der Waals surface area contributed by atoms with Crippen molar-refractivity contribution in [2.45, 2.75) is 45.2 Å². The molecule has 0 aliphatic rings. The molecule has 0 saturated heterocycles. The van der Waals surface area contributed by atoms with Gasteiger partial charge in [-0.05, 0) is 34.2 Å². The van der Waals surface area contributed by atoms with Crippen molar-refractivity contribution < 1.29 is 14.7 Å². The van der Waals surface area contributed by atoms with Gasteiger partial charge in [-0.25, -0.2) is 4.79 Å². The lowest BCUT2D eigenvalue weighted by Crippen LogP contribution is -2.60. The molecule has 0 aromatic heterocycles. The van der Waals surface area contributed by atoms with E-state index in [1.165, 1.54) is 6.92 Å². The molecule has 88 valence electrons. The molecular formula is C10H20N2O3. The van der Waals surface area contributed by atoms with E-state index in [9.17, 15) is 9.59 Å². The zero-order valence-electron chi connectivity index (χ0n) is 9.97. The lowest BCUT2D eigenvalue weighted by Gasteiger charge is -2.30. The number of nitrogens with one attached hydrogen (secondary N) is 2. The lowest BCUT2D eigenvalue weighted by molar-refractivity contribution is -0.147. The van der Waals surface area contributed by atoms with Gasteiger partial charge in [0.25, 0.3) is 0 Å². The van der Waals surface area contributed by atoms with E-state index in [2.05, 4.69) is 10.6 Å². The van der Waals surface area contributed by atoms with E-state index in [1.807, 2.05) is 0 Å². The summed E-state index contributed by atoms with van der Waals surface area (Å²) in [5, 5.41) is 14.3. The zero-order chi connectivity index (χ0) is 12.3. The maximum atomic E-state index is 11.7. The number of hydrogen-bond donors (Lipinski definition) is 3. The summed E-state index contributed by atoms with van der Waals surface area (Å²) in [5.74, 6) is -1.35. The van der Waals surface area contributed by atoms with Crippen LogP contribution in [0.2, 0.25) is 0 Å². The second-order valence-electron chi connectivity index (χ2n) is 4.32. The minimum Gasteiger partial charge on any atom is -0.480 e. The first-order valence-electron chi connectivity index (χ1n) is 4.94. The molecule has 5 nitrogen and oxygen atoms in total. The zero-order valence-corrected chi connectivity index (χ0v) is 9.97. The van der Waals surface area contributed by atoms with Gasteiger partial charge in [0.15, 0.2) is 0 Å². The summed E-state index contributed by atoms with van der Waals surface area (Å²) in [6.45, 7) is 6.61. The Morgan fingerprint density at radius 2 is 1.73 bits per heavy atom. The van der Waals surface area contributed by atoms with Gasteiger partial charge in [-0.15, -0.1) is 0 Å². The molecule has 5 heteroatoms. The summed E-state index contributed by atoms with van der Waals surface area (Å²) in [7, 11) is 1.66. The fourth-order valence-corrected chi connectivity index (χ4v) is 0.813. The summed E-state index contributed by atoms with van der Waals surface area (Å²) in [6.07, 6.45) is 0.341. The molecule has 0 saturated carbocycles. The Morgan fingerprint density at radius 3 is 2.00 bits per heavy atom. The van der Waals surface area contributed by atoms with E-state index in [4.69, 9.17) is 5.11 Å². The number of amides is 1. The second-order valence-corrected chi connectivity index (χ2v) is 4.32. The van der Waals surface area contributed by atoms with Gasteiger partial charge in [0.1, 0.15) is 5.54 Å². The number of carbonyl (C=O) groups excluding carboxylic acids is 1. The van der Waals surface area contributed by atoms with Crippen LogP contribution in [0.5, 0.6) is 0 Å². The van der Waals surface area contributed by atoms with Crippen LogP contribution >= 0.6 is 0 Å². The third-order valence-electron chi connectivity index (χ3n) is 2.76. The SMILES string of the molecule is CCC(C)(NC(=O)C(C)(C)NC)C(=O)O. The fraction of sp³-hybridized carbons (Fsp3) is 0.800. The second kappa shape index (κ2) is 4.61. The number of carboxylic acid groups (broad SMARTS) is 1. The van der Waals surface area contributed by atoms with E-state index in [0.29, 0.717) is 6.42 Å². The van der Waals surface area contributed by atoms with Crippen molar-refractivity contribution in [1.82, 2.24) is 10.6 Å². The smallest absolute Gasteiger partial charge is 0.329 e. The van der Waals surface area contributed by atoms with Crippen LogP contribution in [0.15, 0.2) is 0 Å². The Kier molecular flexibility index (Phi) is 4.27. The van der Waals surface area contributed by atoms with Gasteiger partial charge in [0.2, 0.25) is 5.91 Å². The first-order valence-corrected chi connectivity index (χ1v) is 4.94. The fourth-order valence-electron chi connectivity index (χ4n) is 0.813. The number of hydrogen-bond acceptors (Lipinski definition) is 3. The molecule has 3 N–H and O–H groups in total. The molecule has 15 heavy (non-hydrogen) atoms. The van der Waals surface area contributed by atoms with Crippen LogP contribution in [-0.4, -0.2) is 35.1 Å². The van der Waals surface area contributed by atoms with Crippen molar-refractivity contribution in [2.24, 2.45) is 0 Å². The van der Waals surface area contributed by atoms with Crippen molar-refractivity contribution in [3.8, 4) is 0 Å². The Morgan fingerprint density at radius 1 is 1.27 bits per heavy atom. The molecule has 0 bridgehead atoms. The van der Waals surface area contributed by atoms with Crippen molar-refractivity contribution in [3.05, 3.63) is 0 Å². The Balaban J connectivity index is 4.72. The molecule has 0 aliphatic heterocycles. The standard InChI is InChI=1S/C10H20N2O3/c1-6-10(4,8(14)15)12-7(13)9(2,3)11-5/h11H,6H2,1-5H3,(H,12,13)(H,14,15). The van der Waals surface area contributed by atoms with E-state index < -0.39 is 17.0 Å². The highest BCUT2D eigenvalue weighted by Crippen LogP contribution is 2.12. The van der Waals surface area contributed by atoms with Crippen LogP contribution in [0.4, 0.5) is 0 Å². The predicted molar refractivity (Wildman–Crippen MR) is 57.6 cm³/mol. The average molecular weight is 216 g/mol. The van der Waals surface area contributed by atoms with Crippen molar-refractivity contribution in [2.75, 3.05) is 7.05 Å². The molecule has 0 aliphatic carbocycles. The highest BCUT2D eigenvalue weighted by molar-refractivity contribution is 5.91. The van der Waals surface area contributed by atoms with Crippen LogP contribution < -0.4 is 10.6 Å². The van der Waals surface area contributed by atoms with Crippen LogP contribution in [0.3, 0.4) is 0 Å². The first kappa shape index (κ1) is 13.9. The molecule has 0 aromatic rings. The van der Waals surface area contributed by atoms with Crippen molar-refractivity contribution in [1.29, 1.82) is 0 Å². The highest BCUT2D eigenvalue weighted by atomic mass is 16.4. The van der Waals surface area contributed by atoms with E-state index in [1.54, 1.807) is 27.8 Å². The molecule has 0 aromatic carbocycles. The van der Waals surface area contributed by atoms with Crippen LogP contribution in [-0.2, 0) is 9.59 Å². The van der Waals surface area contributed by atoms with Crippen molar-refractivity contribution >= 4 is 11.9 Å². The number of rotatable bonds is 5. The van der Waals surface area contributed by atoms with Gasteiger partial charge in [0, 0.05) is 0 Å². The molecular weight excluding hydrogens is 196 g/mol. The topological polar surface area (TPSA) is 78.4 Å². The van der Waals surface area contributed by atoms with E-state index in [0.717, 1.165) is 0 Å². The Hall–Kier alpha value is -1.10. The highest BCUT2D eigenvalue weighted by Gasteiger charge is 2.37. The predicted octanol–water partition coefficient (Wildman–Crippen LogP) is 0.354. The molecule has 0 rings (SSSR count). The van der Waals surface area contributed by atoms with Gasteiger partial charge in [-0.3, -0.25) is 4.79 Å². The van der Waals surface area contributed by atoms with Gasteiger partial charge in [-0.1, -0.05) is 6.92 Å². The molecule has 0 radical (unpaired) electrons. The lowest BCUT2D eigenvalue weighted by atomic mass is 9.96. The monoisotopic (exact) mass is 216 g/mol. The third-order valence-corrected chi connectivity index (χ3v) is 2.76. The van der Waals surface area contributed by atoms with Crippen LogP contribution in [0.25, 0.3) is 0 Å².